The maximum atomic E-state index is 4.77. The Balaban J connectivity index is 1.58. The Kier molecular flexibility index (Phi) is 3.11. The average Bonchev–Trinajstić information content (AvgIpc) is 3.14. The molecule has 2 aromatic heterocycles. The highest BCUT2D eigenvalue weighted by Gasteiger charge is 2.26. The van der Waals surface area contributed by atoms with Crippen LogP contribution in [0, 0.1) is 6.92 Å². The summed E-state index contributed by atoms with van der Waals surface area (Å²) in [7, 11) is 0. The SMILES string of the molecule is Cc1cncc(C2CCN(c3nc4ccccc4s3)C2)c1. The van der Waals surface area contributed by atoms with Crippen molar-refractivity contribution >= 4 is 26.7 Å². The number of pyridine rings is 1. The van der Waals surface area contributed by atoms with Crippen LogP contribution >= 0.6 is 11.3 Å². The summed E-state index contributed by atoms with van der Waals surface area (Å²) in [5.74, 6) is 0.574. The predicted molar refractivity (Wildman–Crippen MR) is 88.2 cm³/mol. The molecule has 3 heterocycles. The number of benzene rings is 1. The van der Waals surface area contributed by atoms with Gasteiger partial charge in [-0.25, -0.2) is 4.98 Å². The minimum atomic E-state index is 0.574. The number of para-hydroxylation sites is 1. The smallest absolute Gasteiger partial charge is 0.186 e. The lowest BCUT2D eigenvalue weighted by atomic mass is 9.99. The fourth-order valence-corrected chi connectivity index (χ4v) is 4.00. The van der Waals surface area contributed by atoms with E-state index in [4.69, 9.17) is 4.98 Å². The van der Waals surface area contributed by atoms with Crippen LogP contribution in [-0.2, 0) is 0 Å². The molecule has 3 nitrogen and oxygen atoms in total. The number of anilines is 1. The van der Waals surface area contributed by atoms with Gasteiger partial charge in [-0.3, -0.25) is 4.98 Å². The summed E-state index contributed by atoms with van der Waals surface area (Å²) in [6, 6.07) is 10.6. The number of aryl methyl sites for hydroxylation is 1. The van der Waals surface area contributed by atoms with Crippen molar-refractivity contribution in [3.05, 3.63) is 53.9 Å². The van der Waals surface area contributed by atoms with Gasteiger partial charge in [-0.15, -0.1) is 0 Å². The molecule has 1 saturated heterocycles. The lowest BCUT2D eigenvalue weighted by Gasteiger charge is -2.15. The Morgan fingerprint density at radius 1 is 1.24 bits per heavy atom. The minimum absolute atomic E-state index is 0.574. The second-order valence-corrected chi connectivity index (χ2v) is 6.70. The highest BCUT2D eigenvalue weighted by molar-refractivity contribution is 7.22. The fourth-order valence-electron chi connectivity index (χ4n) is 3.00. The van der Waals surface area contributed by atoms with Crippen LogP contribution in [0.2, 0.25) is 0 Å². The quantitative estimate of drug-likeness (QED) is 0.715. The van der Waals surface area contributed by atoms with E-state index in [1.807, 2.05) is 12.4 Å². The molecule has 4 heteroatoms. The van der Waals surface area contributed by atoms with Gasteiger partial charge >= 0.3 is 0 Å². The van der Waals surface area contributed by atoms with Crippen LogP contribution in [0.25, 0.3) is 10.2 Å². The maximum absolute atomic E-state index is 4.77. The van der Waals surface area contributed by atoms with Crippen LogP contribution in [0.3, 0.4) is 0 Å². The molecule has 0 aliphatic carbocycles. The van der Waals surface area contributed by atoms with Gasteiger partial charge in [-0.05, 0) is 36.6 Å². The number of rotatable bonds is 2. The topological polar surface area (TPSA) is 29.0 Å². The van der Waals surface area contributed by atoms with Crippen molar-refractivity contribution in [2.75, 3.05) is 18.0 Å². The maximum Gasteiger partial charge on any atom is 0.186 e. The molecule has 0 N–H and O–H groups in total. The minimum Gasteiger partial charge on any atom is -0.347 e. The van der Waals surface area contributed by atoms with Crippen LogP contribution in [-0.4, -0.2) is 23.1 Å². The van der Waals surface area contributed by atoms with Crippen molar-refractivity contribution in [1.29, 1.82) is 0 Å². The molecular formula is C17H17N3S. The lowest BCUT2D eigenvalue weighted by molar-refractivity contribution is 0.768. The molecule has 0 saturated carbocycles. The summed E-state index contributed by atoms with van der Waals surface area (Å²) in [5, 5.41) is 1.15. The second kappa shape index (κ2) is 5.11. The van der Waals surface area contributed by atoms with Crippen LogP contribution in [0.15, 0.2) is 42.7 Å². The summed E-state index contributed by atoms with van der Waals surface area (Å²) < 4.78 is 1.27. The molecule has 1 aliphatic heterocycles. The van der Waals surface area contributed by atoms with Gasteiger partial charge in [0, 0.05) is 31.4 Å². The van der Waals surface area contributed by atoms with Crippen molar-refractivity contribution in [2.45, 2.75) is 19.3 Å². The first kappa shape index (κ1) is 12.8. The molecule has 0 spiro atoms. The standard InChI is InChI=1S/C17H17N3S/c1-12-8-14(10-18-9-12)13-6-7-20(11-13)17-19-15-4-2-3-5-16(15)21-17/h2-5,8-10,13H,6-7,11H2,1H3. The van der Waals surface area contributed by atoms with E-state index in [9.17, 15) is 0 Å². The molecule has 1 fully saturated rings. The highest BCUT2D eigenvalue weighted by Crippen LogP contribution is 2.35. The molecule has 21 heavy (non-hydrogen) atoms. The molecule has 1 aromatic carbocycles. The van der Waals surface area contributed by atoms with Crippen LogP contribution in [0.5, 0.6) is 0 Å². The van der Waals surface area contributed by atoms with Crippen LogP contribution in [0.4, 0.5) is 5.13 Å². The predicted octanol–water partition coefficient (Wildman–Crippen LogP) is 3.99. The average molecular weight is 295 g/mol. The third kappa shape index (κ3) is 2.40. The highest BCUT2D eigenvalue weighted by atomic mass is 32.1. The number of nitrogens with zero attached hydrogens (tertiary/aromatic N) is 3. The first-order valence-corrected chi connectivity index (χ1v) is 8.13. The normalized spacial score (nSPS) is 18.5. The van der Waals surface area contributed by atoms with Gasteiger partial charge in [-0.1, -0.05) is 29.5 Å². The van der Waals surface area contributed by atoms with E-state index in [-0.39, 0.29) is 0 Å². The number of hydrogen-bond donors (Lipinski definition) is 0. The number of hydrogen-bond acceptors (Lipinski definition) is 4. The monoisotopic (exact) mass is 295 g/mol. The Morgan fingerprint density at radius 3 is 3.00 bits per heavy atom. The molecular weight excluding hydrogens is 278 g/mol. The van der Waals surface area contributed by atoms with E-state index in [0.717, 1.165) is 23.7 Å². The van der Waals surface area contributed by atoms with Gasteiger partial charge in [0.1, 0.15) is 0 Å². The Bertz CT molecular complexity index is 747. The van der Waals surface area contributed by atoms with E-state index in [0.29, 0.717) is 5.92 Å². The van der Waals surface area contributed by atoms with Gasteiger partial charge in [0.2, 0.25) is 0 Å². The van der Waals surface area contributed by atoms with Crippen molar-refractivity contribution in [3.63, 3.8) is 0 Å². The third-order valence-corrected chi connectivity index (χ3v) is 5.21. The van der Waals surface area contributed by atoms with E-state index >= 15 is 0 Å². The molecule has 0 bridgehead atoms. The van der Waals surface area contributed by atoms with Crippen molar-refractivity contribution in [1.82, 2.24) is 9.97 Å². The Hall–Kier alpha value is -1.94. The van der Waals surface area contributed by atoms with Crippen LogP contribution in [0.1, 0.15) is 23.5 Å². The summed E-state index contributed by atoms with van der Waals surface area (Å²) in [6.07, 6.45) is 5.12. The fraction of sp³-hybridized carbons (Fsp3) is 0.294. The first-order chi connectivity index (χ1) is 10.3. The van der Waals surface area contributed by atoms with Crippen molar-refractivity contribution in [2.24, 2.45) is 0 Å². The zero-order valence-electron chi connectivity index (χ0n) is 12.0. The summed E-state index contributed by atoms with van der Waals surface area (Å²) in [5.41, 5.74) is 3.71. The number of fused-ring (bicyclic) bond motifs is 1. The molecule has 0 amide bonds. The molecule has 3 aromatic rings. The first-order valence-electron chi connectivity index (χ1n) is 7.32. The second-order valence-electron chi connectivity index (χ2n) is 5.69. The van der Waals surface area contributed by atoms with Gasteiger partial charge in [0.15, 0.2) is 5.13 Å². The van der Waals surface area contributed by atoms with Gasteiger partial charge in [-0.2, -0.15) is 0 Å². The van der Waals surface area contributed by atoms with Gasteiger partial charge in [0.25, 0.3) is 0 Å². The number of aromatic nitrogens is 2. The largest absolute Gasteiger partial charge is 0.347 e. The van der Waals surface area contributed by atoms with Crippen molar-refractivity contribution in [3.8, 4) is 0 Å². The van der Waals surface area contributed by atoms with Crippen LogP contribution < -0.4 is 4.90 Å². The molecule has 1 aliphatic rings. The van der Waals surface area contributed by atoms with Gasteiger partial charge in [0.05, 0.1) is 10.2 Å². The van der Waals surface area contributed by atoms with E-state index in [2.05, 4.69) is 47.1 Å². The molecule has 1 atom stereocenters. The summed E-state index contributed by atoms with van der Waals surface area (Å²) >= 11 is 1.79. The molecule has 0 radical (unpaired) electrons. The number of thiazole rings is 1. The zero-order chi connectivity index (χ0) is 14.2. The Morgan fingerprint density at radius 2 is 2.14 bits per heavy atom. The third-order valence-electron chi connectivity index (χ3n) is 4.11. The zero-order valence-corrected chi connectivity index (χ0v) is 12.8. The summed E-state index contributed by atoms with van der Waals surface area (Å²) in [6.45, 7) is 4.24. The lowest BCUT2D eigenvalue weighted by Crippen LogP contribution is -2.18. The molecule has 1 unspecified atom stereocenters. The van der Waals surface area contributed by atoms with E-state index < -0.39 is 0 Å². The molecule has 106 valence electrons. The summed E-state index contributed by atoms with van der Waals surface area (Å²) in [4.78, 5) is 11.5. The van der Waals surface area contributed by atoms with Gasteiger partial charge < -0.3 is 4.90 Å². The molecule has 4 rings (SSSR count). The van der Waals surface area contributed by atoms with Crippen molar-refractivity contribution < 1.29 is 0 Å². The van der Waals surface area contributed by atoms with E-state index in [1.165, 1.54) is 22.2 Å². The van der Waals surface area contributed by atoms with E-state index in [1.54, 1.807) is 11.3 Å². The Labute approximate surface area is 128 Å².